The Morgan fingerprint density at radius 3 is 2.70 bits per heavy atom. The Morgan fingerprint density at radius 2 is 2.00 bits per heavy atom. The average Bonchev–Trinajstić information content (AvgIpc) is 2.61. The molecule has 0 radical (unpaired) electrons. The molecule has 1 aromatic carbocycles. The van der Waals surface area contributed by atoms with Gasteiger partial charge in [0.1, 0.15) is 11.7 Å². The quantitative estimate of drug-likeness (QED) is 0.729. The summed E-state index contributed by atoms with van der Waals surface area (Å²) in [4.78, 5) is 30.5. The Bertz CT molecular complexity index is 806. The topological polar surface area (TPSA) is 65.0 Å². The van der Waals surface area contributed by atoms with E-state index in [1.165, 1.54) is 0 Å². The minimum Gasteiger partial charge on any atom is -0.494 e. The highest BCUT2D eigenvalue weighted by Gasteiger charge is 2.44. The van der Waals surface area contributed by atoms with Gasteiger partial charge in [-0.15, -0.1) is 0 Å². The molecule has 1 aliphatic carbocycles. The van der Waals surface area contributed by atoms with Crippen LogP contribution < -0.4 is 4.74 Å². The Labute approximate surface area is 160 Å². The highest BCUT2D eigenvalue weighted by molar-refractivity contribution is 6.09. The highest BCUT2D eigenvalue weighted by atomic mass is 16.5. The number of nitrogens with zero attached hydrogens (tertiary/aromatic N) is 1. The number of hydrogen-bond acceptors (Lipinski definition) is 5. The minimum atomic E-state index is -0.616. The van der Waals surface area contributed by atoms with Crippen molar-refractivity contribution in [3.05, 3.63) is 41.1 Å². The molecule has 0 amide bonds. The standard InChI is InChI=1S/C22H27NO4/c1-5-26-18-12-7-6-9-15(18)20-19(22(25)27-13(2)3)14(4)23-16-10-8-11-17(24)21(16)20/h6-7,9,12-13,19-20H,5,8,10-11H2,1-4H3/t19-,20-/m1/s1. The Hall–Kier alpha value is -2.43. The van der Waals surface area contributed by atoms with Gasteiger partial charge < -0.3 is 9.47 Å². The van der Waals surface area contributed by atoms with Crippen molar-refractivity contribution in [1.29, 1.82) is 0 Å². The first-order chi connectivity index (χ1) is 12.9. The summed E-state index contributed by atoms with van der Waals surface area (Å²) in [5.41, 5.74) is 3.02. The van der Waals surface area contributed by atoms with Crippen molar-refractivity contribution in [2.75, 3.05) is 6.61 Å². The first-order valence-electron chi connectivity index (χ1n) is 9.67. The summed E-state index contributed by atoms with van der Waals surface area (Å²) in [5.74, 6) is -0.597. The molecule has 0 fully saturated rings. The maximum Gasteiger partial charge on any atom is 0.315 e. The van der Waals surface area contributed by atoms with E-state index in [1.54, 1.807) is 0 Å². The van der Waals surface area contributed by atoms with Crippen LogP contribution in [0.2, 0.25) is 0 Å². The lowest BCUT2D eigenvalue weighted by molar-refractivity contribution is -0.150. The first-order valence-corrected chi connectivity index (χ1v) is 9.67. The largest absolute Gasteiger partial charge is 0.494 e. The third kappa shape index (κ3) is 3.82. The predicted molar refractivity (Wildman–Crippen MR) is 104 cm³/mol. The summed E-state index contributed by atoms with van der Waals surface area (Å²) < 4.78 is 11.4. The molecule has 0 saturated heterocycles. The molecule has 2 atom stereocenters. The number of para-hydroxylation sites is 1. The van der Waals surface area contributed by atoms with Gasteiger partial charge in [0.05, 0.1) is 12.7 Å². The molecule has 2 aliphatic rings. The van der Waals surface area contributed by atoms with Crippen LogP contribution in [0.15, 0.2) is 40.5 Å². The molecule has 27 heavy (non-hydrogen) atoms. The van der Waals surface area contributed by atoms with Gasteiger partial charge in [-0.25, -0.2) is 0 Å². The van der Waals surface area contributed by atoms with Gasteiger partial charge >= 0.3 is 5.97 Å². The van der Waals surface area contributed by atoms with Crippen LogP contribution in [0.1, 0.15) is 58.4 Å². The van der Waals surface area contributed by atoms with E-state index in [1.807, 2.05) is 52.0 Å². The lowest BCUT2D eigenvalue weighted by atomic mass is 9.71. The lowest BCUT2D eigenvalue weighted by Crippen LogP contribution is -2.38. The van der Waals surface area contributed by atoms with E-state index >= 15 is 0 Å². The van der Waals surface area contributed by atoms with E-state index in [9.17, 15) is 9.59 Å². The average molecular weight is 369 g/mol. The van der Waals surface area contributed by atoms with E-state index in [4.69, 9.17) is 9.47 Å². The SMILES string of the molecule is CCOc1ccccc1[C@H]1C2=C(CCCC2=O)N=C(C)[C@H]1C(=O)OC(C)C. The molecule has 144 valence electrons. The number of aliphatic imine (C=N–C) groups is 1. The number of benzene rings is 1. The molecular formula is C22H27NO4. The van der Waals surface area contributed by atoms with E-state index in [2.05, 4.69) is 4.99 Å². The van der Waals surface area contributed by atoms with Crippen LogP contribution in [0.25, 0.3) is 0 Å². The fourth-order valence-corrected chi connectivity index (χ4v) is 3.98. The fourth-order valence-electron chi connectivity index (χ4n) is 3.98. The summed E-state index contributed by atoms with van der Waals surface area (Å²) in [6.45, 7) is 7.94. The maximum atomic E-state index is 13.0. The number of allylic oxidation sites excluding steroid dienone is 2. The zero-order chi connectivity index (χ0) is 19.6. The van der Waals surface area contributed by atoms with Crippen LogP contribution >= 0.6 is 0 Å². The van der Waals surface area contributed by atoms with Crippen LogP contribution in [-0.4, -0.2) is 30.2 Å². The lowest BCUT2D eigenvalue weighted by Gasteiger charge is -2.35. The molecule has 0 spiro atoms. The van der Waals surface area contributed by atoms with Crippen molar-refractivity contribution in [3.8, 4) is 5.75 Å². The van der Waals surface area contributed by atoms with Gasteiger partial charge in [-0.3, -0.25) is 14.6 Å². The number of esters is 1. The number of rotatable bonds is 5. The Kier molecular flexibility index (Phi) is 5.78. The van der Waals surface area contributed by atoms with Crippen molar-refractivity contribution in [2.45, 2.75) is 59.0 Å². The van der Waals surface area contributed by atoms with Crippen LogP contribution in [0.5, 0.6) is 5.75 Å². The smallest absolute Gasteiger partial charge is 0.315 e. The number of hydrogen-bond donors (Lipinski definition) is 0. The summed E-state index contributed by atoms with van der Waals surface area (Å²) in [7, 11) is 0. The number of ether oxygens (including phenoxy) is 2. The van der Waals surface area contributed by atoms with Gasteiger partial charge in [0.25, 0.3) is 0 Å². The van der Waals surface area contributed by atoms with Gasteiger partial charge in [0.2, 0.25) is 0 Å². The molecule has 0 bridgehead atoms. The zero-order valence-corrected chi connectivity index (χ0v) is 16.5. The molecule has 1 heterocycles. The highest BCUT2D eigenvalue weighted by Crippen LogP contribution is 2.46. The van der Waals surface area contributed by atoms with Gasteiger partial charge in [-0.05, 0) is 46.6 Å². The van der Waals surface area contributed by atoms with Crippen LogP contribution in [0.3, 0.4) is 0 Å². The predicted octanol–water partition coefficient (Wildman–Crippen LogP) is 4.22. The molecule has 0 unspecified atom stereocenters. The summed E-state index contributed by atoms with van der Waals surface area (Å²) in [6, 6.07) is 7.64. The zero-order valence-electron chi connectivity index (χ0n) is 16.5. The first kappa shape index (κ1) is 19.3. The van der Waals surface area contributed by atoms with E-state index in [0.29, 0.717) is 30.1 Å². The van der Waals surface area contributed by atoms with Gasteiger partial charge in [0.15, 0.2) is 5.78 Å². The van der Waals surface area contributed by atoms with Crippen LogP contribution in [0, 0.1) is 5.92 Å². The monoisotopic (exact) mass is 369 g/mol. The second kappa shape index (κ2) is 8.07. The molecule has 1 aromatic rings. The Balaban J connectivity index is 2.16. The maximum absolute atomic E-state index is 13.0. The Morgan fingerprint density at radius 1 is 1.26 bits per heavy atom. The van der Waals surface area contributed by atoms with E-state index in [-0.39, 0.29) is 17.9 Å². The number of ketones is 1. The third-order valence-electron chi connectivity index (χ3n) is 4.99. The third-order valence-corrected chi connectivity index (χ3v) is 4.99. The van der Waals surface area contributed by atoms with Gasteiger partial charge in [-0.2, -0.15) is 0 Å². The molecule has 0 saturated carbocycles. The van der Waals surface area contributed by atoms with E-state index < -0.39 is 11.8 Å². The van der Waals surface area contributed by atoms with Crippen molar-refractivity contribution in [1.82, 2.24) is 0 Å². The summed E-state index contributed by atoms with van der Waals surface area (Å²) >= 11 is 0. The summed E-state index contributed by atoms with van der Waals surface area (Å²) in [5, 5.41) is 0. The minimum absolute atomic E-state index is 0.0751. The molecule has 5 heteroatoms. The number of carbonyl (C=O) groups is 2. The molecule has 1 aliphatic heterocycles. The second-order valence-corrected chi connectivity index (χ2v) is 7.30. The number of carbonyl (C=O) groups excluding carboxylic acids is 2. The molecule has 3 rings (SSSR count). The van der Waals surface area contributed by atoms with Crippen molar-refractivity contribution >= 4 is 17.5 Å². The van der Waals surface area contributed by atoms with Crippen molar-refractivity contribution in [2.24, 2.45) is 10.9 Å². The molecule has 0 N–H and O–H groups in total. The number of Topliss-reactive ketones (excluding diaryl/α,β-unsaturated/α-hetero) is 1. The molecule has 0 aromatic heterocycles. The van der Waals surface area contributed by atoms with Crippen molar-refractivity contribution in [3.63, 3.8) is 0 Å². The van der Waals surface area contributed by atoms with E-state index in [0.717, 1.165) is 24.1 Å². The van der Waals surface area contributed by atoms with Gasteiger partial charge in [-0.1, -0.05) is 18.2 Å². The van der Waals surface area contributed by atoms with Crippen molar-refractivity contribution < 1.29 is 19.1 Å². The molecule has 5 nitrogen and oxygen atoms in total. The molecular weight excluding hydrogens is 342 g/mol. The second-order valence-electron chi connectivity index (χ2n) is 7.30. The van der Waals surface area contributed by atoms with Crippen LogP contribution in [0.4, 0.5) is 0 Å². The van der Waals surface area contributed by atoms with Crippen LogP contribution in [-0.2, 0) is 14.3 Å². The normalized spacial score (nSPS) is 22.4. The fraction of sp³-hybridized carbons (Fsp3) is 0.500. The van der Waals surface area contributed by atoms with Gasteiger partial charge in [0, 0.05) is 34.9 Å². The summed E-state index contributed by atoms with van der Waals surface area (Å²) in [6.07, 6.45) is 1.82.